The molecule has 1 amide bonds. The van der Waals surface area contributed by atoms with Crippen LogP contribution in [0.5, 0.6) is 0 Å². The highest BCUT2D eigenvalue weighted by Crippen LogP contribution is 2.29. The van der Waals surface area contributed by atoms with Crippen molar-refractivity contribution < 1.29 is 23.9 Å². The van der Waals surface area contributed by atoms with E-state index in [9.17, 15) is 14.4 Å². The lowest BCUT2D eigenvalue weighted by Crippen LogP contribution is -2.27. The van der Waals surface area contributed by atoms with Gasteiger partial charge in [-0.3, -0.25) is 9.59 Å². The Morgan fingerprint density at radius 2 is 1.95 bits per heavy atom. The Kier molecular flexibility index (Phi) is 4.26. The van der Waals surface area contributed by atoms with Gasteiger partial charge in [-0.1, -0.05) is 0 Å². The number of anilines is 1. The summed E-state index contributed by atoms with van der Waals surface area (Å²) < 4.78 is 9.34. The molecule has 0 aliphatic carbocycles. The summed E-state index contributed by atoms with van der Waals surface area (Å²) in [5.41, 5.74) is 1.89. The predicted octanol–water partition coefficient (Wildman–Crippen LogP) is 1.31. The number of ether oxygens (including phenoxy) is 2. The van der Waals surface area contributed by atoms with Crippen LogP contribution in [-0.4, -0.2) is 38.6 Å². The molecule has 0 radical (unpaired) electrons. The molecule has 112 valence electrons. The summed E-state index contributed by atoms with van der Waals surface area (Å²) in [6.07, 6.45) is 0.144. The largest absolute Gasteiger partial charge is 0.469 e. The third-order valence-electron chi connectivity index (χ3n) is 3.57. The van der Waals surface area contributed by atoms with Crippen molar-refractivity contribution in [2.75, 3.05) is 25.7 Å². The molecule has 6 heteroatoms. The highest BCUT2D eigenvalue weighted by atomic mass is 16.5. The molecule has 1 aromatic carbocycles. The number of methoxy groups -OCH3 is 2. The first-order valence-electron chi connectivity index (χ1n) is 6.55. The second-order valence-electron chi connectivity index (χ2n) is 4.92. The number of aryl methyl sites for hydroxylation is 1. The lowest BCUT2D eigenvalue weighted by atomic mass is 10.1. The molecular weight excluding hydrogens is 274 g/mol. The normalized spacial score (nSPS) is 17.8. The van der Waals surface area contributed by atoms with E-state index in [2.05, 4.69) is 9.47 Å². The maximum Gasteiger partial charge on any atom is 0.337 e. The van der Waals surface area contributed by atoms with Crippen LogP contribution in [0.4, 0.5) is 5.69 Å². The van der Waals surface area contributed by atoms with E-state index in [-0.39, 0.29) is 18.3 Å². The van der Waals surface area contributed by atoms with Gasteiger partial charge in [-0.2, -0.15) is 0 Å². The second-order valence-corrected chi connectivity index (χ2v) is 4.92. The second kappa shape index (κ2) is 5.95. The van der Waals surface area contributed by atoms with Gasteiger partial charge in [0.15, 0.2) is 0 Å². The number of amides is 1. The quantitative estimate of drug-likeness (QED) is 0.785. The molecule has 1 atom stereocenters. The van der Waals surface area contributed by atoms with Crippen molar-refractivity contribution >= 4 is 23.5 Å². The Morgan fingerprint density at radius 3 is 2.52 bits per heavy atom. The van der Waals surface area contributed by atoms with E-state index >= 15 is 0 Å². The highest BCUT2D eigenvalue weighted by Gasteiger charge is 2.36. The summed E-state index contributed by atoms with van der Waals surface area (Å²) in [5, 5.41) is 0. The maximum absolute atomic E-state index is 12.1. The molecule has 2 rings (SSSR count). The number of hydrogen-bond donors (Lipinski definition) is 0. The molecule has 1 aliphatic heterocycles. The molecule has 1 heterocycles. The number of nitrogens with zero attached hydrogens (tertiary/aromatic N) is 1. The van der Waals surface area contributed by atoms with Crippen LogP contribution in [0.1, 0.15) is 22.3 Å². The fourth-order valence-corrected chi connectivity index (χ4v) is 2.47. The molecule has 0 spiro atoms. The summed E-state index contributed by atoms with van der Waals surface area (Å²) in [6, 6.07) is 4.96. The first-order chi connectivity index (χ1) is 9.97. The molecule has 21 heavy (non-hydrogen) atoms. The van der Waals surface area contributed by atoms with Gasteiger partial charge >= 0.3 is 11.9 Å². The molecule has 0 saturated carbocycles. The average Bonchev–Trinajstić information content (AvgIpc) is 2.87. The van der Waals surface area contributed by atoms with E-state index in [4.69, 9.17) is 0 Å². The summed E-state index contributed by atoms with van der Waals surface area (Å²) in [4.78, 5) is 36.6. The SMILES string of the molecule is COC(=O)c1ccc(N2CC(C(=O)OC)CC2=O)c(C)c1. The lowest BCUT2D eigenvalue weighted by Gasteiger charge is -2.19. The first kappa shape index (κ1) is 15.0. The van der Waals surface area contributed by atoms with Gasteiger partial charge in [0.05, 0.1) is 25.7 Å². The Labute approximate surface area is 122 Å². The minimum Gasteiger partial charge on any atom is -0.469 e. The third kappa shape index (κ3) is 2.89. The molecule has 0 bridgehead atoms. The van der Waals surface area contributed by atoms with Gasteiger partial charge in [0, 0.05) is 18.7 Å². The monoisotopic (exact) mass is 291 g/mol. The number of carbonyl (C=O) groups excluding carboxylic acids is 3. The highest BCUT2D eigenvalue weighted by molar-refractivity contribution is 6.00. The van der Waals surface area contributed by atoms with Crippen molar-refractivity contribution in [1.82, 2.24) is 0 Å². The van der Waals surface area contributed by atoms with Gasteiger partial charge in [0.1, 0.15) is 0 Å². The zero-order valence-corrected chi connectivity index (χ0v) is 12.2. The van der Waals surface area contributed by atoms with Crippen LogP contribution in [0.3, 0.4) is 0 Å². The van der Waals surface area contributed by atoms with E-state index in [0.29, 0.717) is 17.8 Å². The zero-order chi connectivity index (χ0) is 15.6. The molecule has 1 fully saturated rings. The average molecular weight is 291 g/mol. The topological polar surface area (TPSA) is 72.9 Å². The van der Waals surface area contributed by atoms with E-state index < -0.39 is 11.9 Å². The number of hydrogen-bond acceptors (Lipinski definition) is 5. The molecule has 1 aliphatic rings. The molecule has 1 unspecified atom stereocenters. The summed E-state index contributed by atoms with van der Waals surface area (Å²) in [5.74, 6) is -1.37. The standard InChI is InChI=1S/C15H17NO5/c1-9-6-10(14(18)20-2)4-5-12(9)16-8-11(7-13(16)17)15(19)21-3/h4-6,11H,7-8H2,1-3H3. The Balaban J connectivity index is 2.25. The first-order valence-corrected chi connectivity index (χ1v) is 6.55. The molecule has 0 N–H and O–H groups in total. The molecule has 1 saturated heterocycles. The third-order valence-corrected chi connectivity index (χ3v) is 3.57. The Hall–Kier alpha value is -2.37. The molecule has 0 aromatic heterocycles. The number of esters is 2. The van der Waals surface area contributed by atoms with Gasteiger partial charge in [-0.05, 0) is 30.7 Å². The minimum absolute atomic E-state index is 0.126. The van der Waals surface area contributed by atoms with Gasteiger partial charge in [0.25, 0.3) is 0 Å². The van der Waals surface area contributed by atoms with Crippen LogP contribution in [0.25, 0.3) is 0 Å². The molecule has 6 nitrogen and oxygen atoms in total. The van der Waals surface area contributed by atoms with Gasteiger partial charge in [-0.15, -0.1) is 0 Å². The van der Waals surface area contributed by atoms with Crippen LogP contribution >= 0.6 is 0 Å². The van der Waals surface area contributed by atoms with Crippen LogP contribution in [-0.2, 0) is 19.1 Å². The van der Waals surface area contributed by atoms with Crippen molar-refractivity contribution in [3.63, 3.8) is 0 Å². The number of benzene rings is 1. The molecular formula is C15H17NO5. The van der Waals surface area contributed by atoms with Crippen molar-refractivity contribution in [2.24, 2.45) is 5.92 Å². The summed E-state index contributed by atoms with van der Waals surface area (Å²) in [6.45, 7) is 2.10. The Morgan fingerprint density at radius 1 is 1.24 bits per heavy atom. The van der Waals surface area contributed by atoms with Crippen LogP contribution < -0.4 is 4.90 Å². The number of carbonyl (C=O) groups is 3. The predicted molar refractivity (Wildman–Crippen MR) is 75.0 cm³/mol. The van der Waals surface area contributed by atoms with E-state index in [1.165, 1.54) is 14.2 Å². The van der Waals surface area contributed by atoms with Crippen molar-refractivity contribution in [1.29, 1.82) is 0 Å². The van der Waals surface area contributed by atoms with Crippen molar-refractivity contribution in [2.45, 2.75) is 13.3 Å². The summed E-state index contributed by atoms with van der Waals surface area (Å²) in [7, 11) is 2.63. The fourth-order valence-electron chi connectivity index (χ4n) is 2.47. The zero-order valence-electron chi connectivity index (χ0n) is 12.2. The molecule has 1 aromatic rings. The lowest BCUT2D eigenvalue weighted by molar-refractivity contribution is -0.145. The summed E-state index contributed by atoms with van der Waals surface area (Å²) >= 11 is 0. The van der Waals surface area contributed by atoms with Gasteiger partial charge < -0.3 is 14.4 Å². The van der Waals surface area contributed by atoms with Crippen LogP contribution in [0.15, 0.2) is 18.2 Å². The van der Waals surface area contributed by atoms with E-state index in [1.807, 2.05) is 0 Å². The maximum atomic E-state index is 12.1. The van der Waals surface area contributed by atoms with Crippen molar-refractivity contribution in [3.8, 4) is 0 Å². The smallest absolute Gasteiger partial charge is 0.337 e. The van der Waals surface area contributed by atoms with Crippen molar-refractivity contribution in [3.05, 3.63) is 29.3 Å². The Bertz CT molecular complexity index is 596. The number of rotatable bonds is 3. The fraction of sp³-hybridized carbons (Fsp3) is 0.400. The van der Waals surface area contributed by atoms with Crippen LogP contribution in [0, 0.1) is 12.8 Å². The van der Waals surface area contributed by atoms with Gasteiger partial charge in [0.2, 0.25) is 5.91 Å². The minimum atomic E-state index is -0.442. The van der Waals surface area contributed by atoms with E-state index in [0.717, 1.165) is 5.56 Å². The van der Waals surface area contributed by atoms with E-state index in [1.54, 1.807) is 30.0 Å². The van der Waals surface area contributed by atoms with Crippen LogP contribution in [0.2, 0.25) is 0 Å². The van der Waals surface area contributed by atoms with Gasteiger partial charge in [-0.25, -0.2) is 4.79 Å².